The molecule has 0 radical (unpaired) electrons. The van der Waals surface area contributed by atoms with Crippen molar-refractivity contribution in [1.82, 2.24) is 0 Å². The lowest BCUT2D eigenvalue weighted by Crippen LogP contribution is -2.04. The molecule has 2 rings (SSSR count). The van der Waals surface area contributed by atoms with Gasteiger partial charge in [0.1, 0.15) is 5.75 Å². The van der Waals surface area contributed by atoms with Crippen LogP contribution < -0.4 is 0 Å². The quantitative estimate of drug-likeness (QED) is 0.674. The van der Waals surface area contributed by atoms with Crippen LogP contribution in [0.4, 0.5) is 0 Å². The second-order valence-electron chi connectivity index (χ2n) is 4.05. The highest BCUT2D eigenvalue weighted by Gasteiger charge is 2.11. The minimum absolute atomic E-state index is 0.152. The maximum atomic E-state index is 11.3. The van der Waals surface area contributed by atoms with Gasteiger partial charge in [-0.15, -0.1) is 11.3 Å². The highest BCUT2D eigenvalue weighted by atomic mass is 32.1. The van der Waals surface area contributed by atoms with Gasteiger partial charge in [0.2, 0.25) is 0 Å². The number of aryl methyl sites for hydroxylation is 1. The van der Waals surface area contributed by atoms with Gasteiger partial charge < -0.3 is 9.84 Å². The number of aldehydes is 1. The number of hydrogen-bond donors (Lipinski definition) is 1. The molecule has 0 amide bonds. The van der Waals surface area contributed by atoms with Gasteiger partial charge in [-0.25, -0.2) is 0 Å². The van der Waals surface area contributed by atoms with Crippen molar-refractivity contribution in [2.75, 3.05) is 6.61 Å². The first-order chi connectivity index (χ1) is 9.15. The summed E-state index contributed by atoms with van der Waals surface area (Å²) in [7, 11) is 0. The summed E-state index contributed by atoms with van der Waals surface area (Å²) in [5.41, 5.74) is 0.556. The van der Waals surface area contributed by atoms with Crippen molar-refractivity contribution in [2.24, 2.45) is 0 Å². The number of carbonyl (C=O) groups excluding carboxylic acids is 2. The SMILES string of the molecule is CCOC(=O)CCc1cc2c(O)ccc(C=O)c2s1. The fourth-order valence-corrected chi connectivity index (χ4v) is 3.01. The lowest BCUT2D eigenvalue weighted by atomic mass is 10.1. The van der Waals surface area contributed by atoms with Crippen LogP contribution >= 0.6 is 11.3 Å². The van der Waals surface area contributed by atoms with E-state index < -0.39 is 0 Å². The van der Waals surface area contributed by atoms with Crippen LogP contribution in [0.25, 0.3) is 10.1 Å². The number of thiophene rings is 1. The number of aromatic hydroxyl groups is 1. The molecule has 0 spiro atoms. The fourth-order valence-electron chi connectivity index (χ4n) is 1.86. The third-order valence-corrected chi connectivity index (χ3v) is 3.99. The molecule has 0 fully saturated rings. The molecule has 0 aliphatic carbocycles. The molecule has 100 valence electrons. The second-order valence-corrected chi connectivity index (χ2v) is 5.19. The van der Waals surface area contributed by atoms with Crippen molar-refractivity contribution in [1.29, 1.82) is 0 Å². The molecule has 1 heterocycles. The van der Waals surface area contributed by atoms with Crippen molar-refractivity contribution in [2.45, 2.75) is 19.8 Å². The fraction of sp³-hybridized carbons (Fsp3) is 0.286. The van der Waals surface area contributed by atoms with E-state index >= 15 is 0 Å². The Morgan fingerprint density at radius 1 is 1.47 bits per heavy atom. The Morgan fingerprint density at radius 3 is 2.95 bits per heavy atom. The summed E-state index contributed by atoms with van der Waals surface area (Å²) in [5, 5.41) is 10.4. The van der Waals surface area contributed by atoms with E-state index in [2.05, 4.69) is 0 Å². The summed E-state index contributed by atoms with van der Waals surface area (Å²) in [6, 6.07) is 4.92. The zero-order valence-electron chi connectivity index (χ0n) is 10.5. The van der Waals surface area contributed by atoms with Crippen LogP contribution in [0.2, 0.25) is 0 Å². The molecule has 0 saturated carbocycles. The Bertz CT molecular complexity index is 615. The Morgan fingerprint density at radius 2 is 2.26 bits per heavy atom. The highest BCUT2D eigenvalue weighted by molar-refractivity contribution is 7.19. The molecule has 19 heavy (non-hydrogen) atoms. The Balaban J connectivity index is 2.24. The molecule has 0 bridgehead atoms. The first-order valence-corrected chi connectivity index (χ1v) is 6.82. The van der Waals surface area contributed by atoms with Gasteiger partial charge >= 0.3 is 5.97 Å². The molecule has 0 atom stereocenters. The minimum Gasteiger partial charge on any atom is -0.507 e. The largest absolute Gasteiger partial charge is 0.507 e. The number of hydrogen-bond acceptors (Lipinski definition) is 5. The van der Waals surface area contributed by atoms with Crippen molar-refractivity contribution < 1.29 is 19.4 Å². The lowest BCUT2D eigenvalue weighted by Gasteiger charge is -1.99. The van der Waals surface area contributed by atoms with Gasteiger partial charge in [-0.05, 0) is 31.5 Å². The van der Waals surface area contributed by atoms with Crippen LogP contribution in [0.1, 0.15) is 28.6 Å². The molecule has 1 N–H and O–H groups in total. The van der Waals surface area contributed by atoms with Crippen LogP contribution in [0, 0.1) is 0 Å². The molecule has 0 aliphatic heterocycles. The zero-order chi connectivity index (χ0) is 13.8. The van der Waals surface area contributed by atoms with Gasteiger partial charge in [-0.3, -0.25) is 9.59 Å². The predicted octanol–water partition coefficient (Wildman–Crippen LogP) is 2.92. The van der Waals surface area contributed by atoms with E-state index in [1.807, 2.05) is 6.07 Å². The van der Waals surface area contributed by atoms with Crippen LogP contribution in [-0.4, -0.2) is 24.0 Å². The normalized spacial score (nSPS) is 10.6. The third-order valence-electron chi connectivity index (χ3n) is 2.75. The monoisotopic (exact) mass is 278 g/mol. The van der Waals surface area contributed by atoms with Crippen molar-refractivity contribution in [3.8, 4) is 5.75 Å². The Labute approximate surface area is 114 Å². The minimum atomic E-state index is -0.236. The smallest absolute Gasteiger partial charge is 0.306 e. The van der Waals surface area contributed by atoms with Crippen LogP contribution in [0.15, 0.2) is 18.2 Å². The molecular formula is C14H14O4S. The molecule has 2 aromatic rings. The maximum absolute atomic E-state index is 11.3. The summed E-state index contributed by atoms with van der Waals surface area (Å²) < 4.78 is 5.62. The number of carbonyl (C=O) groups is 2. The summed E-state index contributed by atoms with van der Waals surface area (Å²) in [4.78, 5) is 23.2. The third kappa shape index (κ3) is 2.93. The second kappa shape index (κ2) is 5.84. The molecule has 5 heteroatoms. The number of fused-ring (bicyclic) bond motifs is 1. The number of ether oxygens (including phenoxy) is 1. The van der Waals surface area contributed by atoms with Crippen LogP contribution in [0.3, 0.4) is 0 Å². The van der Waals surface area contributed by atoms with E-state index in [1.54, 1.807) is 13.0 Å². The van der Waals surface area contributed by atoms with Crippen molar-refractivity contribution >= 4 is 33.7 Å². The molecule has 4 nitrogen and oxygen atoms in total. The highest BCUT2D eigenvalue weighted by Crippen LogP contribution is 2.34. The summed E-state index contributed by atoms with van der Waals surface area (Å²) in [6.07, 6.45) is 1.63. The van der Waals surface area contributed by atoms with Gasteiger partial charge in [-0.1, -0.05) is 0 Å². The van der Waals surface area contributed by atoms with Crippen LogP contribution in [-0.2, 0) is 16.0 Å². The number of phenols is 1. The molecular weight excluding hydrogens is 264 g/mol. The molecule has 1 aromatic heterocycles. The first kappa shape index (κ1) is 13.5. The van der Waals surface area contributed by atoms with Crippen LogP contribution in [0.5, 0.6) is 5.75 Å². The van der Waals surface area contributed by atoms with Gasteiger partial charge in [0.15, 0.2) is 6.29 Å². The summed E-state index contributed by atoms with van der Waals surface area (Å²) in [5.74, 6) is -0.0842. The number of rotatable bonds is 5. The average Bonchev–Trinajstić information content (AvgIpc) is 2.82. The van der Waals surface area contributed by atoms with E-state index in [4.69, 9.17) is 4.74 Å². The van der Waals surface area contributed by atoms with E-state index in [0.29, 0.717) is 30.4 Å². The molecule has 0 unspecified atom stereocenters. The van der Waals surface area contributed by atoms with E-state index in [-0.39, 0.29) is 11.7 Å². The molecule has 0 saturated heterocycles. The summed E-state index contributed by atoms with van der Waals surface area (Å²) in [6.45, 7) is 2.15. The standard InChI is InChI=1S/C14H14O4S/c1-2-18-13(17)6-4-10-7-11-12(16)5-3-9(8-15)14(11)19-10/h3,5,7-8,16H,2,4,6H2,1H3. The van der Waals surface area contributed by atoms with E-state index in [9.17, 15) is 14.7 Å². The van der Waals surface area contributed by atoms with Gasteiger partial charge in [-0.2, -0.15) is 0 Å². The van der Waals surface area contributed by atoms with Crippen molar-refractivity contribution in [3.05, 3.63) is 28.6 Å². The van der Waals surface area contributed by atoms with Gasteiger partial charge in [0.25, 0.3) is 0 Å². The number of phenolic OH excluding ortho intramolecular Hbond substituents is 1. The van der Waals surface area contributed by atoms with Crippen molar-refractivity contribution in [3.63, 3.8) is 0 Å². The Kier molecular flexibility index (Phi) is 4.16. The van der Waals surface area contributed by atoms with Gasteiger partial charge in [0.05, 0.1) is 13.0 Å². The lowest BCUT2D eigenvalue weighted by molar-refractivity contribution is -0.143. The molecule has 0 aliphatic rings. The predicted molar refractivity (Wildman–Crippen MR) is 73.8 cm³/mol. The number of esters is 1. The molecule has 1 aromatic carbocycles. The summed E-state index contributed by atoms with van der Waals surface area (Å²) >= 11 is 1.42. The maximum Gasteiger partial charge on any atom is 0.306 e. The van der Waals surface area contributed by atoms with E-state index in [1.165, 1.54) is 17.4 Å². The van der Waals surface area contributed by atoms with E-state index in [0.717, 1.165) is 15.9 Å². The topological polar surface area (TPSA) is 63.6 Å². The van der Waals surface area contributed by atoms with Gasteiger partial charge in [0, 0.05) is 20.5 Å². The number of benzene rings is 1. The average molecular weight is 278 g/mol. The Hall–Kier alpha value is -1.88. The first-order valence-electron chi connectivity index (χ1n) is 6.01. The zero-order valence-corrected chi connectivity index (χ0v) is 11.3.